The lowest BCUT2D eigenvalue weighted by molar-refractivity contribution is -0.141. The highest BCUT2D eigenvalue weighted by atomic mass is 16.5. The van der Waals surface area contributed by atoms with E-state index in [1.54, 1.807) is 19.1 Å². The molecule has 4 rings (SSSR count). The summed E-state index contributed by atoms with van der Waals surface area (Å²) < 4.78 is 17.8. The van der Waals surface area contributed by atoms with E-state index in [4.69, 9.17) is 19.9 Å². The molecule has 1 aliphatic rings. The predicted octanol–water partition coefficient (Wildman–Crippen LogP) is 4.17. The van der Waals surface area contributed by atoms with Crippen LogP contribution in [0.3, 0.4) is 0 Å². The van der Waals surface area contributed by atoms with Crippen LogP contribution in [-0.2, 0) is 26.5 Å². The van der Waals surface area contributed by atoms with Crippen molar-refractivity contribution in [3.8, 4) is 11.5 Å². The Balaban J connectivity index is 1.81. The minimum Gasteiger partial charge on any atom is -0.497 e. The number of hydrogen-bond donors (Lipinski definition) is 2. The van der Waals surface area contributed by atoms with Crippen molar-refractivity contribution < 1.29 is 28.9 Å². The van der Waals surface area contributed by atoms with Crippen LogP contribution < -0.4 is 15.2 Å². The smallest absolute Gasteiger partial charge is 0.223 e. The molecule has 1 fully saturated rings. The van der Waals surface area contributed by atoms with E-state index in [0.717, 1.165) is 16.7 Å². The Morgan fingerprint density at radius 2 is 1.43 bits per heavy atom. The molecule has 8 heteroatoms. The van der Waals surface area contributed by atoms with Crippen LogP contribution in [-0.4, -0.2) is 54.7 Å². The van der Waals surface area contributed by atoms with Gasteiger partial charge >= 0.3 is 0 Å². The minimum atomic E-state index is -1.12. The molecule has 3 aromatic carbocycles. The molecule has 2 atom stereocenters. The molecule has 1 saturated heterocycles. The first-order valence-electron chi connectivity index (χ1n) is 13.6. The van der Waals surface area contributed by atoms with E-state index in [-0.39, 0.29) is 37.8 Å². The summed E-state index contributed by atoms with van der Waals surface area (Å²) in [6.45, 7) is 0.480. The average molecular weight is 547 g/mol. The number of benzene rings is 3. The van der Waals surface area contributed by atoms with Crippen LogP contribution in [0.2, 0.25) is 0 Å². The Labute approximate surface area is 235 Å². The van der Waals surface area contributed by atoms with Gasteiger partial charge in [0.05, 0.1) is 33.0 Å². The second-order valence-electron chi connectivity index (χ2n) is 10.1. The third kappa shape index (κ3) is 6.63. The monoisotopic (exact) mass is 546 g/mol. The van der Waals surface area contributed by atoms with E-state index < -0.39 is 17.7 Å². The van der Waals surface area contributed by atoms with Crippen molar-refractivity contribution in [1.29, 1.82) is 0 Å². The standard InChI is InChI=1S/C32H38N2O6/c1-38-27-16-12-24(13-17-27)32(25-14-18-28(39-2)19-15-25,40-22-23-8-4-3-5-9-23)29-20-26(35)21-34(29)31(37)11-7-6-10-30(33)36/h3-5,8-9,12-19,26,29,35H,6-7,10-11,20-22H2,1-2H3,(H2,33,36). The molecule has 3 aromatic rings. The van der Waals surface area contributed by atoms with Crippen LogP contribution in [0.4, 0.5) is 0 Å². The van der Waals surface area contributed by atoms with E-state index in [1.165, 1.54) is 0 Å². The van der Waals surface area contributed by atoms with Crippen LogP contribution in [0.1, 0.15) is 48.8 Å². The highest BCUT2D eigenvalue weighted by Crippen LogP contribution is 2.45. The number of ether oxygens (including phenoxy) is 3. The Morgan fingerprint density at radius 1 is 0.875 bits per heavy atom. The van der Waals surface area contributed by atoms with E-state index in [1.807, 2.05) is 78.9 Å². The molecule has 0 saturated carbocycles. The number of methoxy groups -OCH3 is 2. The summed E-state index contributed by atoms with van der Waals surface area (Å²) in [6, 6.07) is 24.7. The molecule has 0 spiro atoms. The van der Waals surface area contributed by atoms with Crippen molar-refractivity contribution in [2.45, 2.75) is 56.5 Å². The second-order valence-corrected chi connectivity index (χ2v) is 10.1. The molecule has 8 nitrogen and oxygen atoms in total. The number of likely N-dealkylation sites (tertiary alicyclic amines) is 1. The Bertz CT molecular complexity index is 1200. The Hall–Kier alpha value is -3.88. The largest absolute Gasteiger partial charge is 0.497 e. The van der Waals surface area contributed by atoms with E-state index in [9.17, 15) is 14.7 Å². The van der Waals surface area contributed by atoms with Gasteiger partial charge in [0.25, 0.3) is 0 Å². The van der Waals surface area contributed by atoms with Crippen LogP contribution in [0.5, 0.6) is 11.5 Å². The summed E-state index contributed by atoms with van der Waals surface area (Å²) in [5, 5.41) is 10.9. The zero-order chi connectivity index (χ0) is 28.5. The van der Waals surface area contributed by atoms with Crippen molar-refractivity contribution in [1.82, 2.24) is 4.90 Å². The van der Waals surface area contributed by atoms with E-state index >= 15 is 0 Å². The number of nitrogens with zero attached hydrogens (tertiary/aromatic N) is 1. The molecule has 212 valence electrons. The molecule has 2 amide bonds. The third-order valence-corrected chi connectivity index (χ3v) is 7.48. The van der Waals surface area contributed by atoms with E-state index in [2.05, 4.69) is 0 Å². The van der Waals surface area contributed by atoms with Gasteiger partial charge in [-0.05, 0) is 60.2 Å². The van der Waals surface area contributed by atoms with Crippen molar-refractivity contribution in [3.05, 3.63) is 95.6 Å². The highest BCUT2D eigenvalue weighted by molar-refractivity contribution is 5.77. The number of aliphatic hydroxyl groups excluding tert-OH is 1. The number of aliphatic hydroxyl groups is 1. The third-order valence-electron chi connectivity index (χ3n) is 7.48. The summed E-state index contributed by atoms with van der Waals surface area (Å²) in [5.41, 5.74) is 6.81. The normalized spacial score (nSPS) is 17.0. The van der Waals surface area contributed by atoms with Crippen molar-refractivity contribution in [3.63, 3.8) is 0 Å². The second kappa shape index (κ2) is 13.5. The van der Waals surface area contributed by atoms with Crippen molar-refractivity contribution in [2.75, 3.05) is 20.8 Å². The molecule has 0 radical (unpaired) electrons. The SMILES string of the molecule is COc1ccc(C(OCc2ccccc2)(c2ccc(OC)cc2)C2CC(O)CN2C(=O)CCCCC(N)=O)cc1. The zero-order valence-corrected chi connectivity index (χ0v) is 23.1. The molecule has 1 heterocycles. The molecule has 40 heavy (non-hydrogen) atoms. The van der Waals surface area contributed by atoms with Gasteiger partial charge in [0.1, 0.15) is 17.1 Å². The van der Waals surface area contributed by atoms with Gasteiger partial charge in [-0.3, -0.25) is 9.59 Å². The zero-order valence-electron chi connectivity index (χ0n) is 23.1. The van der Waals surface area contributed by atoms with Gasteiger partial charge in [0, 0.05) is 19.4 Å². The van der Waals surface area contributed by atoms with Gasteiger partial charge in [0.2, 0.25) is 11.8 Å². The minimum absolute atomic E-state index is 0.0965. The van der Waals surface area contributed by atoms with Gasteiger partial charge in [0.15, 0.2) is 0 Å². The fourth-order valence-electron chi connectivity index (χ4n) is 5.46. The fraction of sp³-hybridized carbons (Fsp3) is 0.375. The molecule has 2 unspecified atom stereocenters. The Kier molecular flexibility index (Phi) is 9.79. The highest BCUT2D eigenvalue weighted by Gasteiger charge is 2.51. The van der Waals surface area contributed by atoms with E-state index in [0.29, 0.717) is 30.8 Å². The van der Waals surface area contributed by atoms with Crippen LogP contribution >= 0.6 is 0 Å². The van der Waals surface area contributed by atoms with Crippen LogP contribution in [0.25, 0.3) is 0 Å². The molecular formula is C32H38N2O6. The molecule has 0 aromatic heterocycles. The summed E-state index contributed by atoms with van der Waals surface area (Å²) in [6.07, 6.45) is 1.17. The van der Waals surface area contributed by atoms with Gasteiger partial charge in [-0.2, -0.15) is 0 Å². The lowest BCUT2D eigenvalue weighted by atomic mass is 9.78. The summed E-state index contributed by atoms with van der Waals surface area (Å²) in [4.78, 5) is 26.6. The van der Waals surface area contributed by atoms with Gasteiger partial charge < -0.3 is 30.0 Å². The van der Waals surface area contributed by atoms with Crippen molar-refractivity contribution >= 4 is 11.8 Å². The lowest BCUT2D eigenvalue weighted by Gasteiger charge is -2.44. The van der Waals surface area contributed by atoms with Gasteiger partial charge in [-0.15, -0.1) is 0 Å². The maximum absolute atomic E-state index is 13.6. The van der Waals surface area contributed by atoms with Crippen LogP contribution in [0, 0.1) is 0 Å². The molecule has 0 aliphatic carbocycles. The maximum Gasteiger partial charge on any atom is 0.223 e. The number of carbonyl (C=O) groups excluding carboxylic acids is 2. The number of amides is 2. The van der Waals surface area contributed by atoms with Gasteiger partial charge in [-0.25, -0.2) is 0 Å². The topological polar surface area (TPSA) is 111 Å². The maximum atomic E-state index is 13.6. The lowest BCUT2D eigenvalue weighted by Crippen LogP contribution is -2.52. The number of primary amides is 1. The number of rotatable bonds is 13. The van der Waals surface area contributed by atoms with Crippen LogP contribution in [0.15, 0.2) is 78.9 Å². The first-order valence-corrected chi connectivity index (χ1v) is 13.6. The molecular weight excluding hydrogens is 508 g/mol. The number of nitrogens with two attached hydrogens (primary N) is 1. The molecule has 0 bridgehead atoms. The predicted molar refractivity (Wildman–Crippen MR) is 152 cm³/mol. The fourth-order valence-corrected chi connectivity index (χ4v) is 5.46. The van der Waals surface area contributed by atoms with Gasteiger partial charge in [-0.1, -0.05) is 54.6 Å². The quantitative estimate of drug-likeness (QED) is 0.311. The Morgan fingerprint density at radius 3 is 1.95 bits per heavy atom. The molecule has 1 aliphatic heterocycles. The number of carbonyl (C=O) groups is 2. The summed E-state index contributed by atoms with van der Waals surface area (Å²) in [5.74, 6) is 0.920. The first kappa shape index (κ1) is 29.1. The molecule has 3 N–H and O–H groups in total. The number of unbranched alkanes of at least 4 members (excludes halogenated alkanes) is 1. The first-order chi connectivity index (χ1) is 19.4. The average Bonchev–Trinajstić information content (AvgIpc) is 3.38. The van der Waals surface area contributed by atoms with Crippen molar-refractivity contribution in [2.24, 2.45) is 5.73 Å². The summed E-state index contributed by atoms with van der Waals surface area (Å²) >= 11 is 0. The number of β-amino-alcohol motifs (C(OH)–C–C–N with tert-alkyl or cyclic N) is 1. The summed E-state index contributed by atoms with van der Waals surface area (Å²) in [7, 11) is 3.23. The number of hydrogen-bond acceptors (Lipinski definition) is 6.